The van der Waals surface area contributed by atoms with E-state index in [9.17, 15) is 0 Å². The van der Waals surface area contributed by atoms with E-state index >= 15 is 0 Å². The van der Waals surface area contributed by atoms with E-state index in [1.54, 1.807) is 0 Å². The molecule has 1 aliphatic rings. The first-order valence-electron chi connectivity index (χ1n) is 3.99. The minimum Gasteiger partial charge on any atom is -0.383 e. The lowest BCUT2D eigenvalue weighted by molar-refractivity contribution is 0.134. The van der Waals surface area contributed by atoms with Crippen molar-refractivity contribution < 1.29 is 4.74 Å². The smallest absolute Gasteiger partial charge is 0.142 e. The normalized spacial score (nSPS) is 13.8. The Morgan fingerprint density at radius 3 is 2.85 bits per heavy atom. The summed E-state index contributed by atoms with van der Waals surface area (Å²) in [5.41, 5.74) is 8.88. The summed E-state index contributed by atoms with van der Waals surface area (Å²) in [7, 11) is 0. The van der Waals surface area contributed by atoms with E-state index in [0.717, 1.165) is 16.8 Å². The number of aromatic nitrogens is 1. The van der Waals surface area contributed by atoms with Gasteiger partial charge in [-0.25, -0.2) is 4.98 Å². The second-order valence-electron chi connectivity index (χ2n) is 3.02. The van der Waals surface area contributed by atoms with Crippen molar-refractivity contribution in [3.8, 4) is 6.07 Å². The molecule has 2 rings (SSSR count). The van der Waals surface area contributed by atoms with Crippen molar-refractivity contribution in [1.29, 1.82) is 5.26 Å². The van der Waals surface area contributed by atoms with Crippen LogP contribution in [0.15, 0.2) is 0 Å². The summed E-state index contributed by atoms with van der Waals surface area (Å²) in [6.07, 6.45) is 0. The van der Waals surface area contributed by atoms with E-state index in [4.69, 9.17) is 15.7 Å². The maximum atomic E-state index is 8.85. The molecule has 0 bridgehead atoms. The summed E-state index contributed by atoms with van der Waals surface area (Å²) < 4.78 is 5.25. The fourth-order valence-corrected chi connectivity index (χ4v) is 1.56. The number of anilines is 1. The fourth-order valence-electron chi connectivity index (χ4n) is 1.56. The first kappa shape index (κ1) is 8.02. The number of rotatable bonds is 0. The van der Waals surface area contributed by atoms with Crippen molar-refractivity contribution in [2.75, 3.05) is 5.73 Å². The Kier molecular flexibility index (Phi) is 1.67. The zero-order valence-corrected chi connectivity index (χ0v) is 7.29. The molecule has 0 unspecified atom stereocenters. The lowest BCUT2D eigenvalue weighted by Crippen LogP contribution is -2.03. The van der Waals surface area contributed by atoms with Gasteiger partial charge in [-0.15, -0.1) is 0 Å². The van der Waals surface area contributed by atoms with Crippen LogP contribution in [-0.4, -0.2) is 4.98 Å². The van der Waals surface area contributed by atoms with Gasteiger partial charge in [-0.2, -0.15) is 5.26 Å². The van der Waals surface area contributed by atoms with Crippen LogP contribution in [-0.2, 0) is 18.0 Å². The summed E-state index contributed by atoms with van der Waals surface area (Å²) in [6.45, 7) is 2.90. The molecule has 4 nitrogen and oxygen atoms in total. The number of hydrogen-bond acceptors (Lipinski definition) is 4. The Bertz CT molecular complexity index is 406. The molecule has 2 N–H and O–H groups in total. The number of pyridine rings is 1. The molecule has 66 valence electrons. The van der Waals surface area contributed by atoms with Gasteiger partial charge in [0.25, 0.3) is 0 Å². The van der Waals surface area contributed by atoms with Crippen LogP contribution in [0.1, 0.15) is 22.4 Å². The van der Waals surface area contributed by atoms with E-state index in [2.05, 4.69) is 11.1 Å². The summed E-state index contributed by atoms with van der Waals surface area (Å²) in [6, 6.07) is 2.06. The van der Waals surface area contributed by atoms with Crippen molar-refractivity contribution in [3.05, 3.63) is 22.4 Å². The molecule has 0 aromatic carbocycles. The van der Waals surface area contributed by atoms with Crippen LogP contribution in [0, 0.1) is 18.3 Å². The number of nitrogens with zero attached hydrogens (tertiary/aromatic N) is 2. The van der Waals surface area contributed by atoms with Crippen LogP contribution in [0.25, 0.3) is 0 Å². The third-order valence-electron chi connectivity index (χ3n) is 2.25. The fraction of sp³-hybridized carbons (Fsp3) is 0.333. The average Bonchev–Trinajstić information content (AvgIpc) is 2.53. The second-order valence-corrected chi connectivity index (χ2v) is 3.02. The van der Waals surface area contributed by atoms with Gasteiger partial charge >= 0.3 is 0 Å². The molecule has 0 radical (unpaired) electrons. The zero-order chi connectivity index (χ0) is 9.42. The van der Waals surface area contributed by atoms with E-state index in [0.29, 0.717) is 24.6 Å². The topological polar surface area (TPSA) is 71.9 Å². The van der Waals surface area contributed by atoms with Crippen LogP contribution in [0.3, 0.4) is 0 Å². The number of nitriles is 1. The molecule has 0 atom stereocenters. The quantitative estimate of drug-likeness (QED) is 0.635. The number of nitrogen functional groups attached to an aromatic ring is 1. The van der Waals surface area contributed by atoms with Gasteiger partial charge in [0, 0.05) is 16.8 Å². The summed E-state index contributed by atoms with van der Waals surface area (Å²) in [4.78, 5) is 4.09. The number of ether oxygens (including phenoxy) is 1. The molecule has 1 aromatic heterocycles. The lowest BCUT2D eigenvalue weighted by Gasteiger charge is -2.05. The summed E-state index contributed by atoms with van der Waals surface area (Å²) in [5, 5.41) is 8.85. The molecule has 0 fully saturated rings. The Labute approximate surface area is 76.0 Å². The van der Waals surface area contributed by atoms with E-state index < -0.39 is 0 Å². The zero-order valence-electron chi connectivity index (χ0n) is 7.29. The number of nitrogens with two attached hydrogens (primary N) is 1. The molecular weight excluding hydrogens is 166 g/mol. The molecular formula is C9H9N3O. The van der Waals surface area contributed by atoms with Gasteiger partial charge in [0.05, 0.1) is 13.2 Å². The van der Waals surface area contributed by atoms with Gasteiger partial charge < -0.3 is 10.5 Å². The highest BCUT2D eigenvalue weighted by molar-refractivity contribution is 5.57. The predicted molar refractivity (Wildman–Crippen MR) is 46.6 cm³/mol. The van der Waals surface area contributed by atoms with Crippen LogP contribution < -0.4 is 5.73 Å². The van der Waals surface area contributed by atoms with Crippen molar-refractivity contribution >= 4 is 5.82 Å². The minimum atomic E-state index is 0.309. The Morgan fingerprint density at radius 2 is 2.15 bits per heavy atom. The minimum absolute atomic E-state index is 0.309. The third-order valence-corrected chi connectivity index (χ3v) is 2.25. The monoisotopic (exact) mass is 175 g/mol. The maximum absolute atomic E-state index is 8.85. The molecule has 0 spiro atoms. The van der Waals surface area contributed by atoms with Crippen molar-refractivity contribution in [2.24, 2.45) is 0 Å². The summed E-state index contributed by atoms with van der Waals surface area (Å²) in [5.74, 6) is 0.309. The van der Waals surface area contributed by atoms with Gasteiger partial charge in [0.15, 0.2) is 0 Å². The first-order chi connectivity index (χ1) is 6.24. The van der Waals surface area contributed by atoms with Gasteiger partial charge in [-0.1, -0.05) is 0 Å². The highest BCUT2D eigenvalue weighted by Crippen LogP contribution is 2.27. The van der Waals surface area contributed by atoms with E-state index in [1.165, 1.54) is 0 Å². The maximum Gasteiger partial charge on any atom is 0.142 e. The number of fused-ring (bicyclic) bond motifs is 1. The lowest BCUT2D eigenvalue weighted by atomic mass is 10.0. The number of aryl methyl sites for hydroxylation is 1. The van der Waals surface area contributed by atoms with Crippen molar-refractivity contribution in [2.45, 2.75) is 20.1 Å². The largest absolute Gasteiger partial charge is 0.383 e. The summed E-state index contributed by atoms with van der Waals surface area (Å²) >= 11 is 0. The van der Waals surface area contributed by atoms with Crippen LogP contribution >= 0.6 is 0 Å². The molecule has 1 aromatic rings. The van der Waals surface area contributed by atoms with Crippen LogP contribution in [0.5, 0.6) is 0 Å². The van der Waals surface area contributed by atoms with Gasteiger partial charge in [-0.05, 0) is 6.92 Å². The highest BCUT2D eigenvalue weighted by Gasteiger charge is 2.20. The van der Waals surface area contributed by atoms with Gasteiger partial charge in [0.1, 0.15) is 17.5 Å². The molecule has 0 saturated carbocycles. The molecule has 13 heavy (non-hydrogen) atoms. The van der Waals surface area contributed by atoms with Gasteiger partial charge in [0.2, 0.25) is 0 Å². The van der Waals surface area contributed by atoms with Crippen molar-refractivity contribution in [3.63, 3.8) is 0 Å². The Hall–Kier alpha value is -1.60. The SMILES string of the molecule is Cc1nc(N)c(C#N)c2c1COC2. The molecule has 0 aliphatic carbocycles. The van der Waals surface area contributed by atoms with Gasteiger partial charge in [-0.3, -0.25) is 0 Å². The molecule has 4 heteroatoms. The Balaban J connectivity index is 2.74. The molecule has 0 saturated heterocycles. The molecule has 2 heterocycles. The first-order valence-corrected chi connectivity index (χ1v) is 3.99. The Morgan fingerprint density at radius 1 is 1.46 bits per heavy atom. The standard InChI is InChI=1S/C9H9N3O/c1-5-7-3-13-4-8(7)6(2-10)9(11)12-5/h3-4H2,1H3,(H2,11,12). The molecule has 0 amide bonds. The third kappa shape index (κ3) is 1.05. The highest BCUT2D eigenvalue weighted by atomic mass is 16.5. The van der Waals surface area contributed by atoms with Crippen molar-refractivity contribution in [1.82, 2.24) is 4.98 Å². The average molecular weight is 175 g/mol. The van der Waals surface area contributed by atoms with E-state index in [-0.39, 0.29) is 0 Å². The van der Waals surface area contributed by atoms with Crippen LogP contribution in [0.2, 0.25) is 0 Å². The predicted octanol–water partition coefficient (Wildman–Crippen LogP) is 0.874. The van der Waals surface area contributed by atoms with Crippen LogP contribution in [0.4, 0.5) is 5.82 Å². The second kappa shape index (κ2) is 2.71. The molecule has 1 aliphatic heterocycles. The van der Waals surface area contributed by atoms with E-state index in [1.807, 2.05) is 6.92 Å². The number of hydrogen-bond donors (Lipinski definition) is 1.